The summed E-state index contributed by atoms with van der Waals surface area (Å²) >= 11 is 4.70. The van der Waals surface area contributed by atoms with E-state index in [1.54, 1.807) is 6.07 Å². The van der Waals surface area contributed by atoms with Crippen molar-refractivity contribution in [3.05, 3.63) is 20.3 Å². The molecule has 0 amide bonds. The second-order valence-electron chi connectivity index (χ2n) is 3.15. The SMILES string of the molecule is Cc1sc(C(=O)CCOCC(F)F)cc1Br. The summed E-state index contributed by atoms with van der Waals surface area (Å²) in [4.78, 5) is 13.2. The molecule has 0 aliphatic rings. The summed E-state index contributed by atoms with van der Waals surface area (Å²) in [6.45, 7) is 1.33. The number of hydrogen-bond acceptors (Lipinski definition) is 3. The van der Waals surface area contributed by atoms with E-state index in [2.05, 4.69) is 20.7 Å². The van der Waals surface area contributed by atoms with Crippen LogP contribution < -0.4 is 0 Å². The van der Waals surface area contributed by atoms with Gasteiger partial charge in [0.05, 0.1) is 11.5 Å². The van der Waals surface area contributed by atoms with E-state index in [9.17, 15) is 13.6 Å². The number of Topliss-reactive ketones (excluding diaryl/α,β-unsaturated/α-hetero) is 1. The van der Waals surface area contributed by atoms with Crippen molar-refractivity contribution in [2.45, 2.75) is 19.8 Å². The molecular weight excluding hydrogens is 302 g/mol. The molecule has 1 rings (SSSR count). The van der Waals surface area contributed by atoms with E-state index in [1.807, 2.05) is 6.92 Å². The fourth-order valence-corrected chi connectivity index (χ4v) is 2.56. The zero-order chi connectivity index (χ0) is 12.1. The Kier molecular flexibility index (Phi) is 5.51. The van der Waals surface area contributed by atoms with E-state index >= 15 is 0 Å². The van der Waals surface area contributed by atoms with Crippen LogP contribution in [-0.4, -0.2) is 25.4 Å². The van der Waals surface area contributed by atoms with Gasteiger partial charge in [0.25, 0.3) is 6.43 Å². The molecule has 0 bridgehead atoms. The lowest BCUT2D eigenvalue weighted by molar-refractivity contribution is 0.0170. The van der Waals surface area contributed by atoms with Gasteiger partial charge in [0.2, 0.25) is 0 Å². The summed E-state index contributed by atoms with van der Waals surface area (Å²) in [5.41, 5.74) is 0. The Hall–Kier alpha value is -0.330. The molecule has 1 heterocycles. The quantitative estimate of drug-likeness (QED) is 0.592. The summed E-state index contributed by atoms with van der Waals surface area (Å²) in [5.74, 6) is -0.0759. The van der Waals surface area contributed by atoms with Gasteiger partial charge in [-0.2, -0.15) is 0 Å². The molecule has 1 aromatic heterocycles. The molecule has 1 aromatic rings. The molecule has 0 aliphatic heterocycles. The predicted octanol–water partition coefficient (Wildman–Crippen LogP) is 3.67. The van der Waals surface area contributed by atoms with Crippen LogP contribution in [0.15, 0.2) is 10.5 Å². The lowest BCUT2D eigenvalue weighted by atomic mass is 10.2. The topological polar surface area (TPSA) is 26.3 Å². The monoisotopic (exact) mass is 312 g/mol. The minimum absolute atomic E-state index is 0.0394. The van der Waals surface area contributed by atoms with Gasteiger partial charge in [-0.25, -0.2) is 8.78 Å². The number of carbonyl (C=O) groups excluding carboxylic acids is 1. The summed E-state index contributed by atoms with van der Waals surface area (Å²) in [5, 5.41) is 0. The zero-order valence-corrected chi connectivity index (χ0v) is 11.0. The maximum Gasteiger partial charge on any atom is 0.261 e. The molecule has 0 aromatic carbocycles. The van der Waals surface area contributed by atoms with Crippen LogP contribution in [0.5, 0.6) is 0 Å². The van der Waals surface area contributed by atoms with Gasteiger partial charge in [-0.15, -0.1) is 11.3 Å². The highest BCUT2D eigenvalue weighted by Crippen LogP contribution is 2.27. The normalized spacial score (nSPS) is 11.1. The Balaban J connectivity index is 2.35. The molecule has 2 nitrogen and oxygen atoms in total. The maximum absolute atomic E-state index is 11.7. The van der Waals surface area contributed by atoms with Crippen molar-refractivity contribution in [3.8, 4) is 0 Å². The van der Waals surface area contributed by atoms with Crippen molar-refractivity contribution >= 4 is 33.0 Å². The van der Waals surface area contributed by atoms with Crippen LogP contribution >= 0.6 is 27.3 Å². The Morgan fingerprint density at radius 3 is 2.81 bits per heavy atom. The smallest absolute Gasteiger partial charge is 0.261 e. The molecule has 90 valence electrons. The van der Waals surface area contributed by atoms with E-state index in [1.165, 1.54) is 11.3 Å². The number of alkyl halides is 2. The van der Waals surface area contributed by atoms with Gasteiger partial charge >= 0.3 is 0 Å². The Morgan fingerprint density at radius 1 is 1.62 bits per heavy atom. The number of thiophene rings is 1. The fourth-order valence-electron chi connectivity index (χ4n) is 1.06. The molecule has 16 heavy (non-hydrogen) atoms. The molecule has 6 heteroatoms. The lowest BCUT2D eigenvalue weighted by Gasteiger charge is -2.01. The number of ether oxygens (including phenoxy) is 1. The first-order valence-corrected chi connectivity index (χ1v) is 6.26. The molecule has 0 fully saturated rings. The Labute approximate surface area is 105 Å². The Bertz CT molecular complexity index is 346. The van der Waals surface area contributed by atoms with Crippen LogP contribution in [0.4, 0.5) is 8.78 Å². The maximum atomic E-state index is 11.7. The van der Waals surface area contributed by atoms with E-state index in [-0.39, 0.29) is 18.8 Å². The zero-order valence-electron chi connectivity index (χ0n) is 8.63. The van der Waals surface area contributed by atoms with E-state index in [0.717, 1.165) is 9.35 Å². The van der Waals surface area contributed by atoms with Crippen LogP contribution in [0.1, 0.15) is 21.0 Å². The highest BCUT2D eigenvalue weighted by Gasteiger charge is 2.11. The van der Waals surface area contributed by atoms with Gasteiger partial charge in [0.15, 0.2) is 5.78 Å². The molecule has 0 N–H and O–H groups in total. The highest BCUT2D eigenvalue weighted by molar-refractivity contribution is 9.10. The standard InChI is InChI=1S/C10H11BrF2O2S/c1-6-7(11)4-9(16-6)8(14)2-3-15-5-10(12)13/h4,10H,2-3,5H2,1H3. The molecule has 0 radical (unpaired) electrons. The van der Waals surface area contributed by atoms with Crippen LogP contribution in [0.25, 0.3) is 0 Å². The van der Waals surface area contributed by atoms with Crippen LogP contribution in [0.3, 0.4) is 0 Å². The largest absolute Gasteiger partial charge is 0.375 e. The lowest BCUT2D eigenvalue weighted by Crippen LogP contribution is -2.08. The number of halogens is 3. The number of carbonyl (C=O) groups is 1. The van der Waals surface area contributed by atoms with E-state index < -0.39 is 13.0 Å². The minimum atomic E-state index is -2.48. The first-order valence-electron chi connectivity index (χ1n) is 4.65. The van der Waals surface area contributed by atoms with Crippen LogP contribution in [0.2, 0.25) is 0 Å². The van der Waals surface area contributed by atoms with Crippen molar-refractivity contribution in [1.29, 1.82) is 0 Å². The van der Waals surface area contributed by atoms with Crippen LogP contribution in [-0.2, 0) is 4.74 Å². The molecule has 0 aliphatic carbocycles. The number of rotatable bonds is 6. The number of hydrogen-bond donors (Lipinski definition) is 0. The van der Waals surface area contributed by atoms with Crippen molar-refractivity contribution < 1.29 is 18.3 Å². The number of aryl methyl sites for hydroxylation is 1. The summed E-state index contributed by atoms with van der Waals surface area (Å²) in [6, 6.07) is 1.75. The van der Waals surface area contributed by atoms with Crippen molar-refractivity contribution in [3.63, 3.8) is 0 Å². The molecule has 0 saturated heterocycles. The van der Waals surface area contributed by atoms with Crippen molar-refractivity contribution in [2.24, 2.45) is 0 Å². The third-order valence-electron chi connectivity index (χ3n) is 1.85. The Morgan fingerprint density at radius 2 is 2.31 bits per heavy atom. The first-order chi connectivity index (χ1) is 7.50. The molecular formula is C10H11BrF2O2S. The van der Waals surface area contributed by atoms with Gasteiger partial charge in [-0.1, -0.05) is 0 Å². The minimum Gasteiger partial charge on any atom is -0.375 e. The molecule has 0 saturated carbocycles. The predicted molar refractivity (Wildman–Crippen MR) is 62.5 cm³/mol. The third-order valence-corrected chi connectivity index (χ3v) is 4.03. The molecule has 0 unspecified atom stereocenters. The molecule has 0 atom stereocenters. The third kappa shape index (κ3) is 4.27. The van der Waals surface area contributed by atoms with Gasteiger partial charge < -0.3 is 4.74 Å². The van der Waals surface area contributed by atoms with E-state index in [0.29, 0.717) is 4.88 Å². The van der Waals surface area contributed by atoms with Gasteiger partial charge in [-0.3, -0.25) is 4.79 Å². The fraction of sp³-hybridized carbons (Fsp3) is 0.500. The average Bonchev–Trinajstić information content (AvgIpc) is 2.54. The average molecular weight is 313 g/mol. The summed E-state index contributed by atoms with van der Waals surface area (Å²) < 4.78 is 29.0. The highest BCUT2D eigenvalue weighted by atomic mass is 79.9. The van der Waals surface area contributed by atoms with Gasteiger partial charge in [-0.05, 0) is 28.9 Å². The second-order valence-corrected chi connectivity index (χ2v) is 5.26. The molecule has 0 spiro atoms. The van der Waals surface area contributed by atoms with Crippen molar-refractivity contribution in [2.75, 3.05) is 13.2 Å². The first kappa shape index (κ1) is 13.7. The summed E-state index contributed by atoms with van der Waals surface area (Å²) in [6.07, 6.45) is -2.34. The van der Waals surface area contributed by atoms with Gasteiger partial charge in [0.1, 0.15) is 6.61 Å². The van der Waals surface area contributed by atoms with E-state index in [4.69, 9.17) is 0 Å². The number of ketones is 1. The van der Waals surface area contributed by atoms with Crippen LogP contribution in [0, 0.1) is 6.92 Å². The second kappa shape index (κ2) is 6.42. The summed E-state index contributed by atoms with van der Waals surface area (Å²) in [7, 11) is 0. The van der Waals surface area contributed by atoms with Crippen molar-refractivity contribution in [1.82, 2.24) is 0 Å². The van der Waals surface area contributed by atoms with Gasteiger partial charge in [0, 0.05) is 15.8 Å².